The maximum Gasteiger partial charge on any atom is 0.0271 e. The molecule has 9 heavy (non-hydrogen) atoms. The largest absolute Gasteiger partial charge is 0.324 e. The van der Waals surface area contributed by atoms with E-state index in [1.165, 1.54) is 32.1 Å². The molecular formula is C7H14N2. The summed E-state index contributed by atoms with van der Waals surface area (Å²) in [5.41, 5.74) is 0. The minimum atomic E-state index is 0.684. The molecule has 0 bridgehead atoms. The summed E-state index contributed by atoms with van der Waals surface area (Å²) in [5.74, 6) is 5.71. The van der Waals surface area contributed by atoms with E-state index in [1.54, 1.807) is 0 Å². The Bertz CT molecular complexity index is 93.1. The fourth-order valence-corrected chi connectivity index (χ4v) is 1.40. The normalized spacial score (nSPS) is 23.1. The van der Waals surface area contributed by atoms with Crippen LogP contribution in [0.3, 0.4) is 0 Å². The predicted molar refractivity (Wildman–Crippen MR) is 39.3 cm³/mol. The summed E-state index contributed by atoms with van der Waals surface area (Å²) in [5, 5.41) is 3.53. The molecule has 1 rings (SSSR count). The molecule has 0 saturated heterocycles. The highest BCUT2D eigenvalue weighted by molar-refractivity contribution is 5.60. The molecule has 1 fully saturated rings. The quantitative estimate of drug-likeness (QED) is 0.323. The van der Waals surface area contributed by atoms with E-state index in [4.69, 9.17) is 5.84 Å². The van der Waals surface area contributed by atoms with Gasteiger partial charge in [-0.1, -0.05) is 19.3 Å². The van der Waals surface area contributed by atoms with Crippen molar-refractivity contribution in [3.05, 3.63) is 0 Å². The van der Waals surface area contributed by atoms with E-state index >= 15 is 0 Å². The van der Waals surface area contributed by atoms with Crippen LogP contribution in [0.25, 0.3) is 0 Å². The highest BCUT2D eigenvalue weighted by Gasteiger charge is 2.09. The first-order valence-corrected chi connectivity index (χ1v) is 3.67. The van der Waals surface area contributed by atoms with Crippen molar-refractivity contribution >= 4 is 6.21 Å². The van der Waals surface area contributed by atoms with Gasteiger partial charge in [-0.25, -0.2) is 0 Å². The van der Waals surface area contributed by atoms with Crippen LogP contribution in [-0.2, 0) is 0 Å². The Morgan fingerprint density at radius 1 is 1.22 bits per heavy atom. The molecule has 0 aromatic rings. The highest BCUT2D eigenvalue weighted by atomic mass is 15.1. The van der Waals surface area contributed by atoms with Gasteiger partial charge in [0.2, 0.25) is 0 Å². The summed E-state index contributed by atoms with van der Waals surface area (Å²) in [6.07, 6.45) is 8.59. The minimum Gasteiger partial charge on any atom is -0.324 e. The Morgan fingerprint density at radius 3 is 2.44 bits per heavy atom. The van der Waals surface area contributed by atoms with Gasteiger partial charge < -0.3 is 5.84 Å². The van der Waals surface area contributed by atoms with Gasteiger partial charge in [0.15, 0.2) is 0 Å². The topological polar surface area (TPSA) is 38.4 Å². The third-order valence-corrected chi connectivity index (χ3v) is 1.95. The van der Waals surface area contributed by atoms with Crippen LogP contribution < -0.4 is 5.84 Å². The Morgan fingerprint density at radius 2 is 1.89 bits per heavy atom. The smallest absolute Gasteiger partial charge is 0.0271 e. The summed E-state index contributed by atoms with van der Waals surface area (Å²) < 4.78 is 0. The van der Waals surface area contributed by atoms with E-state index < -0.39 is 0 Å². The van der Waals surface area contributed by atoms with E-state index in [9.17, 15) is 0 Å². The Hall–Kier alpha value is -0.530. The molecule has 0 atom stereocenters. The van der Waals surface area contributed by atoms with Crippen LogP contribution >= 0.6 is 0 Å². The molecule has 0 heterocycles. The van der Waals surface area contributed by atoms with E-state index in [0.717, 1.165) is 0 Å². The molecule has 0 aromatic carbocycles. The molecular weight excluding hydrogens is 112 g/mol. The molecule has 2 nitrogen and oxygen atoms in total. The van der Waals surface area contributed by atoms with Gasteiger partial charge >= 0.3 is 0 Å². The van der Waals surface area contributed by atoms with Crippen molar-refractivity contribution in [2.45, 2.75) is 32.1 Å². The van der Waals surface area contributed by atoms with Crippen molar-refractivity contribution in [1.82, 2.24) is 0 Å². The zero-order valence-corrected chi connectivity index (χ0v) is 5.71. The van der Waals surface area contributed by atoms with Gasteiger partial charge in [0.1, 0.15) is 0 Å². The summed E-state index contributed by atoms with van der Waals surface area (Å²) in [6.45, 7) is 0. The fraction of sp³-hybridized carbons (Fsp3) is 0.857. The first-order chi connectivity index (χ1) is 4.43. The van der Waals surface area contributed by atoms with Crippen molar-refractivity contribution in [3.8, 4) is 0 Å². The number of rotatable bonds is 1. The second-order valence-electron chi connectivity index (χ2n) is 2.70. The molecule has 0 amide bonds. The summed E-state index contributed by atoms with van der Waals surface area (Å²) >= 11 is 0. The van der Waals surface area contributed by atoms with Gasteiger partial charge in [0, 0.05) is 6.21 Å². The molecule has 1 saturated carbocycles. The molecule has 1 aliphatic rings. The molecule has 0 radical (unpaired) electrons. The molecule has 52 valence electrons. The van der Waals surface area contributed by atoms with Crippen LogP contribution in [0, 0.1) is 5.92 Å². The Labute approximate surface area is 56.1 Å². The average molecular weight is 126 g/mol. The SMILES string of the molecule is NN=CC1CCCCC1. The maximum absolute atomic E-state index is 5.03. The third-order valence-electron chi connectivity index (χ3n) is 1.95. The van der Waals surface area contributed by atoms with Crippen LogP contribution in [0.4, 0.5) is 0 Å². The van der Waals surface area contributed by atoms with Gasteiger partial charge in [-0.3, -0.25) is 0 Å². The molecule has 1 aliphatic carbocycles. The van der Waals surface area contributed by atoms with Crippen molar-refractivity contribution in [2.75, 3.05) is 0 Å². The van der Waals surface area contributed by atoms with Crippen LogP contribution in [0.15, 0.2) is 5.10 Å². The number of hydrazone groups is 1. The molecule has 2 N–H and O–H groups in total. The van der Waals surface area contributed by atoms with Gasteiger partial charge in [-0.2, -0.15) is 5.10 Å². The van der Waals surface area contributed by atoms with Crippen LogP contribution in [0.2, 0.25) is 0 Å². The van der Waals surface area contributed by atoms with E-state index in [0.29, 0.717) is 5.92 Å². The summed E-state index contributed by atoms with van der Waals surface area (Å²) in [7, 11) is 0. The summed E-state index contributed by atoms with van der Waals surface area (Å²) in [4.78, 5) is 0. The lowest BCUT2D eigenvalue weighted by molar-refractivity contribution is 0.444. The average Bonchev–Trinajstić information content (AvgIpc) is 1.91. The zero-order chi connectivity index (χ0) is 6.53. The lowest BCUT2D eigenvalue weighted by Gasteiger charge is -2.16. The summed E-state index contributed by atoms with van der Waals surface area (Å²) in [6, 6.07) is 0. The lowest BCUT2D eigenvalue weighted by atomic mass is 9.90. The Balaban J connectivity index is 2.23. The standard InChI is InChI=1S/C7H14N2/c8-9-6-7-4-2-1-3-5-7/h6-7H,1-5,8H2. The first-order valence-electron chi connectivity index (χ1n) is 3.67. The van der Waals surface area contributed by atoms with Crippen LogP contribution in [-0.4, -0.2) is 6.21 Å². The number of nitrogens with two attached hydrogens (primary N) is 1. The third kappa shape index (κ3) is 2.04. The lowest BCUT2D eigenvalue weighted by Crippen LogP contribution is -2.07. The highest BCUT2D eigenvalue weighted by Crippen LogP contribution is 2.21. The van der Waals surface area contributed by atoms with Crippen molar-refractivity contribution in [3.63, 3.8) is 0 Å². The van der Waals surface area contributed by atoms with Crippen molar-refractivity contribution in [1.29, 1.82) is 0 Å². The van der Waals surface area contributed by atoms with Crippen molar-refractivity contribution in [2.24, 2.45) is 16.9 Å². The molecule has 0 aliphatic heterocycles. The predicted octanol–water partition coefficient (Wildman–Crippen LogP) is 1.51. The van der Waals surface area contributed by atoms with Gasteiger partial charge in [-0.15, -0.1) is 0 Å². The first kappa shape index (κ1) is 6.59. The second kappa shape index (κ2) is 3.49. The van der Waals surface area contributed by atoms with Crippen LogP contribution in [0.1, 0.15) is 32.1 Å². The second-order valence-corrected chi connectivity index (χ2v) is 2.70. The van der Waals surface area contributed by atoms with Crippen molar-refractivity contribution < 1.29 is 0 Å². The van der Waals surface area contributed by atoms with Gasteiger partial charge in [0.05, 0.1) is 0 Å². The fourth-order valence-electron chi connectivity index (χ4n) is 1.40. The molecule has 0 unspecified atom stereocenters. The number of nitrogens with zero attached hydrogens (tertiary/aromatic N) is 1. The zero-order valence-electron chi connectivity index (χ0n) is 5.71. The van der Waals surface area contributed by atoms with Gasteiger partial charge in [0.25, 0.3) is 0 Å². The number of hydrogen-bond donors (Lipinski definition) is 1. The maximum atomic E-state index is 5.03. The number of hydrogen-bond acceptors (Lipinski definition) is 2. The van der Waals surface area contributed by atoms with E-state index in [2.05, 4.69) is 5.10 Å². The minimum absolute atomic E-state index is 0.684. The van der Waals surface area contributed by atoms with E-state index in [-0.39, 0.29) is 0 Å². The molecule has 0 aromatic heterocycles. The van der Waals surface area contributed by atoms with E-state index in [1.807, 2.05) is 6.21 Å². The molecule has 2 heteroatoms. The van der Waals surface area contributed by atoms with Gasteiger partial charge in [-0.05, 0) is 18.8 Å². The Kier molecular flexibility index (Phi) is 2.55. The van der Waals surface area contributed by atoms with Crippen LogP contribution in [0.5, 0.6) is 0 Å². The molecule has 0 spiro atoms. The monoisotopic (exact) mass is 126 g/mol.